The zero-order valence-electron chi connectivity index (χ0n) is 13.6. The summed E-state index contributed by atoms with van der Waals surface area (Å²) in [5, 5.41) is 9.88. The van der Waals surface area contributed by atoms with E-state index in [4.69, 9.17) is 4.74 Å². The molecule has 0 bridgehead atoms. The molecule has 0 amide bonds. The minimum atomic E-state index is 0.563. The number of nitrogens with zero attached hydrogens (tertiary/aromatic N) is 3. The molecular formula is C19H19N3OS. The van der Waals surface area contributed by atoms with Gasteiger partial charge in [0, 0.05) is 17.4 Å². The molecule has 1 aromatic heterocycles. The van der Waals surface area contributed by atoms with E-state index >= 15 is 0 Å². The van der Waals surface area contributed by atoms with Gasteiger partial charge in [-0.05, 0) is 42.7 Å². The molecule has 0 saturated heterocycles. The molecule has 0 radical (unpaired) electrons. The van der Waals surface area contributed by atoms with Crippen molar-refractivity contribution in [2.75, 3.05) is 7.11 Å². The third-order valence-electron chi connectivity index (χ3n) is 4.14. The van der Waals surface area contributed by atoms with Gasteiger partial charge in [0.15, 0.2) is 5.16 Å². The van der Waals surface area contributed by atoms with Crippen molar-refractivity contribution in [3.8, 4) is 11.4 Å². The van der Waals surface area contributed by atoms with Gasteiger partial charge >= 0.3 is 0 Å². The number of benzene rings is 2. The Labute approximate surface area is 145 Å². The van der Waals surface area contributed by atoms with Crippen molar-refractivity contribution < 1.29 is 4.74 Å². The predicted octanol–water partition coefficient (Wildman–Crippen LogP) is 4.45. The molecule has 5 heteroatoms. The highest BCUT2D eigenvalue weighted by molar-refractivity contribution is 7.98. The first-order valence-corrected chi connectivity index (χ1v) is 9.10. The van der Waals surface area contributed by atoms with Crippen LogP contribution in [0.3, 0.4) is 0 Å². The standard InChI is InChI=1S/C19H19N3OS/c1-23-17-11-7-14(8-12-17)13-24-19-21-20-18(15-9-10-15)22(19)16-5-3-2-4-6-16/h2-8,11-12,15H,9-10,13H2,1H3. The van der Waals surface area contributed by atoms with Crippen molar-refractivity contribution >= 4 is 11.8 Å². The van der Waals surface area contributed by atoms with Crippen LogP contribution in [-0.4, -0.2) is 21.9 Å². The largest absolute Gasteiger partial charge is 0.497 e. The van der Waals surface area contributed by atoms with Crippen LogP contribution in [0.4, 0.5) is 0 Å². The molecule has 24 heavy (non-hydrogen) atoms. The Morgan fingerprint density at radius 3 is 2.46 bits per heavy atom. The van der Waals surface area contributed by atoms with E-state index in [9.17, 15) is 0 Å². The maximum absolute atomic E-state index is 5.21. The number of thioether (sulfide) groups is 1. The summed E-state index contributed by atoms with van der Waals surface area (Å²) in [7, 11) is 1.69. The van der Waals surface area contributed by atoms with Gasteiger partial charge in [-0.2, -0.15) is 0 Å². The molecule has 1 fully saturated rings. The first kappa shape index (κ1) is 15.3. The smallest absolute Gasteiger partial charge is 0.196 e. The van der Waals surface area contributed by atoms with Crippen molar-refractivity contribution in [3.63, 3.8) is 0 Å². The topological polar surface area (TPSA) is 39.9 Å². The summed E-state index contributed by atoms with van der Waals surface area (Å²) in [5.74, 6) is 3.40. The van der Waals surface area contributed by atoms with E-state index in [1.807, 2.05) is 18.2 Å². The van der Waals surface area contributed by atoms with Gasteiger partial charge < -0.3 is 4.74 Å². The number of hydrogen-bond donors (Lipinski definition) is 0. The predicted molar refractivity (Wildman–Crippen MR) is 95.9 cm³/mol. The average molecular weight is 337 g/mol. The maximum Gasteiger partial charge on any atom is 0.196 e. The van der Waals surface area contributed by atoms with Crippen LogP contribution in [0.15, 0.2) is 59.8 Å². The van der Waals surface area contributed by atoms with Crippen LogP contribution in [0.2, 0.25) is 0 Å². The molecule has 0 spiro atoms. The van der Waals surface area contributed by atoms with Gasteiger partial charge in [-0.1, -0.05) is 42.1 Å². The molecule has 4 rings (SSSR count). The molecule has 0 aliphatic heterocycles. The molecule has 1 heterocycles. The minimum Gasteiger partial charge on any atom is -0.497 e. The lowest BCUT2D eigenvalue weighted by Crippen LogP contribution is -2.01. The SMILES string of the molecule is COc1ccc(CSc2nnc(C3CC3)n2-c2ccccc2)cc1. The summed E-state index contributed by atoms with van der Waals surface area (Å²) < 4.78 is 7.43. The molecule has 0 atom stereocenters. The normalized spacial score (nSPS) is 13.9. The van der Waals surface area contributed by atoms with E-state index in [1.54, 1.807) is 18.9 Å². The third-order valence-corrected chi connectivity index (χ3v) is 5.14. The number of hydrogen-bond acceptors (Lipinski definition) is 4. The fourth-order valence-electron chi connectivity index (χ4n) is 2.67. The molecule has 4 nitrogen and oxygen atoms in total. The lowest BCUT2D eigenvalue weighted by molar-refractivity contribution is 0.414. The van der Waals surface area contributed by atoms with Gasteiger partial charge in [-0.25, -0.2) is 0 Å². The maximum atomic E-state index is 5.21. The molecule has 1 aliphatic carbocycles. The van der Waals surface area contributed by atoms with Gasteiger partial charge in [0.1, 0.15) is 11.6 Å². The van der Waals surface area contributed by atoms with E-state index in [0.29, 0.717) is 5.92 Å². The molecule has 2 aromatic carbocycles. The lowest BCUT2D eigenvalue weighted by Gasteiger charge is -2.10. The fraction of sp³-hybridized carbons (Fsp3) is 0.263. The Morgan fingerprint density at radius 2 is 1.79 bits per heavy atom. The van der Waals surface area contributed by atoms with Crippen LogP contribution in [-0.2, 0) is 5.75 Å². The zero-order valence-corrected chi connectivity index (χ0v) is 14.4. The van der Waals surface area contributed by atoms with Crippen molar-refractivity contribution in [3.05, 3.63) is 66.0 Å². The average Bonchev–Trinajstić information content (AvgIpc) is 3.40. The zero-order chi connectivity index (χ0) is 16.4. The van der Waals surface area contributed by atoms with Crippen LogP contribution >= 0.6 is 11.8 Å². The summed E-state index contributed by atoms with van der Waals surface area (Å²) in [6.07, 6.45) is 2.43. The molecule has 0 unspecified atom stereocenters. The number of ether oxygens (including phenoxy) is 1. The molecule has 3 aromatic rings. The second-order valence-corrected chi connectivity index (χ2v) is 6.87. The number of methoxy groups -OCH3 is 1. The van der Waals surface area contributed by atoms with Gasteiger partial charge in [0.05, 0.1) is 7.11 Å². The Balaban J connectivity index is 1.58. The van der Waals surface area contributed by atoms with Crippen molar-refractivity contribution in [1.29, 1.82) is 0 Å². The second-order valence-electron chi connectivity index (χ2n) is 5.92. The summed E-state index contributed by atoms with van der Waals surface area (Å²) >= 11 is 1.72. The van der Waals surface area contributed by atoms with Crippen molar-refractivity contribution in [1.82, 2.24) is 14.8 Å². The number of para-hydroxylation sites is 1. The van der Waals surface area contributed by atoms with Crippen LogP contribution in [0.1, 0.15) is 30.1 Å². The van der Waals surface area contributed by atoms with E-state index in [1.165, 1.54) is 18.4 Å². The summed E-state index contributed by atoms with van der Waals surface area (Å²) in [6.45, 7) is 0. The van der Waals surface area contributed by atoms with Crippen LogP contribution in [0.25, 0.3) is 5.69 Å². The second kappa shape index (κ2) is 6.69. The molecule has 0 N–H and O–H groups in total. The van der Waals surface area contributed by atoms with Gasteiger partial charge in [0.25, 0.3) is 0 Å². The highest BCUT2D eigenvalue weighted by Gasteiger charge is 2.30. The number of aromatic nitrogens is 3. The summed E-state index contributed by atoms with van der Waals surface area (Å²) in [5.41, 5.74) is 2.39. The third kappa shape index (κ3) is 3.17. The molecule has 1 saturated carbocycles. The summed E-state index contributed by atoms with van der Waals surface area (Å²) in [6, 6.07) is 18.6. The summed E-state index contributed by atoms with van der Waals surface area (Å²) in [4.78, 5) is 0. The van der Waals surface area contributed by atoms with Gasteiger partial charge in [0.2, 0.25) is 0 Å². The van der Waals surface area contributed by atoms with Gasteiger partial charge in [-0.3, -0.25) is 4.57 Å². The highest BCUT2D eigenvalue weighted by atomic mass is 32.2. The van der Waals surface area contributed by atoms with E-state index in [2.05, 4.69) is 51.2 Å². The van der Waals surface area contributed by atoms with Crippen LogP contribution < -0.4 is 4.74 Å². The molecular weight excluding hydrogens is 318 g/mol. The van der Waals surface area contributed by atoms with Crippen molar-refractivity contribution in [2.24, 2.45) is 0 Å². The van der Waals surface area contributed by atoms with Crippen molar-refractivity contribution in [2.45, 2.75) is 29.7 Å². The Kier molecular flexibility index (Phi) is 4.26. The quantitative estimate of drug-likeness (QED) is 0.623. The van der Waals surface area contributed by atoms with E-state index in [0.717, 1.165) is 28.2 Å². The van der Waals surface area contributed by atoms with Gasteiger partial charge in [-0.15, -0.1) is 10.2 Å². The monoisotopic (exact) mass is 337 g/mol. The van der Waals surface area contributed by atoms with E-state index < -0.39 is 0 Å². The molecule has 1 aliphatic rings. The van der Waals surface area contributed by atoms with Crippen LogP contribution in [0, 0.1) is 0 Å². The first-order valence-electron chi connectivity index (χ1n) is 8.11. The Bertz CT molecular complexity index is 810. The number of rotatable bonds is 6. The Hall–Kier alpha value is -2.27. The highest BCUT2D eigenvalue weighted by Crippen LogP contribution is 2.41. The molecule has 122 valence electrons. The van der Waals surface area contributed by atoms with E-state index in [-0.39, 0.29) is 0 Å². The first-order chi connectivity index (χ1) is 11.8. The fourth-order valence-corrected chi connectivity index (χ4v) is 3.58. The van der Waals surface area contributed by atoms with Crippen LogP contribution in [0.5, 0.6) is 5.75 Å². The minimum absolute atomic E-state index is 0.563. The lowest BCUT2D eigenvalue weighted by atomic mass is 10.2. The Morgan fingerprint density at radius 1 is 1.04 bits per heavy atom.